The largest absolute Gasteiger partial charge is 0.309 e. The van der Waals surface area contributed by atoms with Crippen molar-refractivity contribution < 1.29 is 0 Å². The molecule has 1 N–H and O–H groups in total. The summed E-state index contributed by atoms with van der Waals surface area (Å²) in [6, 6.07) is 8.73. The van der Waals surface area contributed by atoms with Crippen molar-refractivity contribution in [2.75, 3.05) is 12.3 Å². The van der Waals surface area contributed by atoms with Crippen molar-refractivity contribution in [2.24, 2.45) is 0 Å². The molecule has 4 unspecified atom stereocenters. The van der Waals surface area contributed by atoms with Crippen LogP contribution in [0.25, 0.3) is 0 Å². The number of rotatable bonds is 4. The van der Waals surface area contributed by atoms with Crippen LogP contribution in [-0.2, 0) is 0 Å². The molecule has 4 atom stereocenters. The molecule has 0 radical (unpaired) electrons. The smallest absolute Gasteiger partial charge is 0.0448 e. The predicted octanol–water partition coefficient (Wildman–Crippen LogP) is 4.62. The third-order valence-electron chi connectivity index (χ3n) is 3.60. The Morgan fingerprint density at radius 3 is 2.53 bits per heavy atom. The Morgan fingerprint density at radius 1 is 1.26 bits per heavy atom. The van der Waals surface area contributed by atoms with E-state index in [4.69, 9.17) is 11.6 Å². The Hall–Kier alpha value is 0.170. The Labute approximate surface area is 130 Å². The Balaban J connectivity index is 2.13. The van der Waals surface area contributed by atoms with E-state index < -0.39 is 0 Å². The van der Waals surface area contributed by atoms with Gasteiger partial charge in [0.1, 0.15) is 0 Å². The van der Waals surface area contributed by atoms with Gasteiger partial charge < -0.3 is 5.32 Å². The lowest BCUT2D eigenvalue weighted by molar-refractivity contribution is 0.547. The van der Waals surface area contributed by atoms with Gasteiger partial charge in [-0.15, -0.1) is 0 Å². The summed E-state index contributed by atoms with van der Waals surface area (Å²) in [4.78, 5) is 0. The van der Waals surface area contributed by atoms with Crippen LogP contribution in [0.2, 0.25) is 5.02 Å². The van der Waals surface area contributed by atoms with E-state index in [1.54, 1.807) is 0 Å². The van der Waals surface area contributed by atoms with E-state index in [2.05, 4.69) is 61.7 Å². The van der Waals surface area contributed by atoms with E-state index in [0.29, 0.717) is 11.3 Å². The molecule has 1 nitrogen and oxygen atoms in total. The summed E-state index contributed by atoms with van der Waals surface area (Å²) < 4.78 is 0. The average molecular weight is 316 g/mol. The summed E-state index contributed by atoms with van der Waals surface area (Å²) in [6.45, 7) is 7.86. The van der Waals surface area contributed by atoms with E-state index in [9.17, 15) is 0 Å². The number of halogens is 1. The second-order valence-electron chi connectivity index (χ2n) is 5.01. The van der Waals surface area contributed by atoms with Crippen molar-refractivity contribution in [1.82, 2.24) is 5.32 Å². The average Bonchev–Trinajstić information content (AvgIpc) is 2.41. The molecule has 4 heteroatoms. The van der Waals surface area contributed by atoms with Crippen LogP contribution in [0.1, 0.15) is 32.4 Å². The van der Waals surface area contributed by atoms with E-state index in [1.165, 1.54) is 11.3 Å². The summed E-state index contributed by atoms with van der Waals surface area (Å²) >= 11 is 10.2. The number of benzene rings is 1. The van der Waals surface area contributed by atoms with Crippen LogP contribution in [0.4, 0.5) is 0 Å². The maximum atomic E-state index is 5.99. The van der Waals surface area contributed by atoms with Crippen LogP contribution in [0.5, 0.6) is 0 Å². The van der Waals surface area contributed by atoms with Crippen LogP contribution in [0, 0.1) is 0 Å². The second kappa shape index (κ2) is 7.26. The predicted molar refractivity (Wildman–Crippen MR) is 90.6 cm³/mol. The lowest BCUT2D eigenvalue weighted by Crippen LogP contribution is -2.37. The van der Waals surface area contributed by atoms with Crippen molar-refractivity contribution in [3.63, 3.8) is 0 Å². The Bertz CT molecular complexity index is 396. The van der Waals surface area contributed by atoms with Gasteiger partial charge in [0.15, 0.2) is 0 Å². The molecule has 1 aliphatic heterocycles. The first-order valence-electron chi connectivity index (χ1n) is 6.87. The van der Waals surface area contributed by atoms with Crippen molar-refractivity contribution in [3.05, 3.63) is 34.9 Å². The van der Waals surface area contributed by atoms with E-state index in [-0.39, 0.29) is 0 Å². The van der Waals surface area contributed by atoms with Crippen LogP contribution >= 0.6 is 35.1 Å². The van der Waals surface area contributed by atoms with Gasteiger partial charge >= 0.3 is 0 Å². The monoisotopic (exact) mass is 315 g/mol. The van der Waals surface area contributed by atoms with Gasteiger partial charge in [0.05, 0.1) is 0 Å². The number of nitrogens with one attached hydrogen (secondary N) is 1. The number of hydrogen-bond acceptors (Lipinski definition) is 3. The highest BCUT2D eigenvalue weighted by Gasteiger charge is 2.31. The van der Waals surface area contributed by atoms with Gasteiger partial charge in [-0.3, -0.25) is 0 Å². The van der Waals surface area contributed by atoms with Gasteiger partial charge in [0, 0.05) is 32.6 Å². The first kappa shape index (κ1) is 15.6. The molecular weight excluding hydrogens is 294 g/mol. The molecule has 1 aliphatic rings. The maximum absolute atomic E-state index is 5.99. The normalized spacial score (nSPS) is 29.2. The minimum Gasteiger partial charge on any atom is -0.309 e. The number of hydrogen-bond donors (Lipinski definition) is 1. The summed E-state index contributed by atoms with van der Waals surface area (Å²) in [5.41, 5.74) is 1.35. The minimum atomic E-state index is 0.426. The minimum absolute atomic E-state index is 0.426. The molecule has 1 heterocycles. The second-order valence-corrected chi connectivity index (χ2v) is 8.47. The van der Waals surface area contributed by atoms with Crippen LogP contribution in [0.15, 0.2) is 24.3 Å². The van der Waals surface area contributed by atoms with Crippen molar-refractivity contribution in [3.8, 4) is 0 Å². The molecular formula is C15H22ClNS2. The summed E-state index contributed by atoms with van der Waals surface area (Å²) in [5, 5.41) is 6.57. The van der Waals surface area contributed by atoms with E-state index in [0.717, 1.165) is 22.1 Å². The van der Waals surface area contributed by atoms with Gasteiger partial charge in [-0.05, 0) is 24.2 Å². The van der Waals surface area contributed by atoms with Crippen LogP contribution in [0.3, 0.4) is 0 Å². The molecule has 1 aromatic carbocycles. The highest BCUT2D eigenvalue weighted by molar-refractivity contribution is 8.07. The van der Waals surface area contributed by atoms with Crippen molar-refractivity contribution in [2.45, 2.75) is 42.6 Å². The highest BCUT2D eigenvalue weighted by atomic mass is 35.5. The Kier molecular flexibility index (Phi) is 5.94. The number of thioether (sulfide) groups is 2. The molecule has 19 heavy (non-hydrogen) atoms. The van der Waals surface area contributed by atoms with Gasteiger partial charge in [-0.25, -0.2) is 0 Å². The van der Waals surface area contributed by atoms with Crippen molar-refractivity contribution in [1.29, 1.82) is 0 Å². The van der Waals surface area contributed by atoms with E-state index in [1.807, 2.05) is 12.1 Å². The van der Waals surface area contributed by atoms with Gasteiger partial charge in [0.2, 0.25) is 0 Å². The lowest BCUT2D eigenvalue weighted by Gasteiger charge is -2.36. The summed E-state index contributed by atoms with van der Waals surface area (Å²) in [6.07, 6.45) is 0. The molecule has 1 aromatic rings. The third-order valence-corrected chi connectivity index (χ3v) is 7.35. The standard InChI is InChI=1S/C15H22ClNS2/c1-4-17-15(12-5-7-13(16)8-6-12)14-9-18-10(2)11(3)19-14/h5-8,10-11,14-15,17H,4,9H2,1-3H3. The molecule has 1 saturated heterocycles. The topological polar surface area (TPSA) is 12.0 Å². The Morgan fingerprint density at radius 2 is 1.95 bits per heavy atom. The molecule has 0 bridgehead atoms. The lowest BCUT2D eigenvalue weighted by atomic mass is 10.0. The fourth-order valence-electron chi connectivity index (χ4n) is 2.34. The molecule has 1 fully saturated rings. The zero-order valence-corrected chi connectivity index (χ0v) is 14.1. The summed E-state index contributed by atoms with van der Waals surface area (Å²) in [7, 11) is 0. The molecule has 0 amide bonds. The molecule has 0 aromatic heterocycles. The van der Waals surface area contributed by atoms with Gasteiger partial charge in [0.25, 0.3) is 0 Å². The molecule has 106 valence electrons. The highest BCUT2D eigenvalue weighted by Crippen LogP contribution is 2.41. The van der Waals surface area contributed by atoms with Gasteiger partial charge in [-0.2, -0.15) is 23.5 Å². The van der Waals surface area contributed by atoms with Crippen LogP contribution in [-0.4, -0.2) is 28.0 Å². The summed E-state index contributed by atoms with van der Waals surface area (Å²) in [5.74, 6) is 1.22. The first-order valence-corrected chi connectivity index (χ1v) is 9.24. The first-order chi connectivity index (χ1) is 9.11. The molecule has 0 spiro atoms. The van der Waals surface area contributed by atoms with Gasteiger partial charge in [-0.1, -0.05) is 44.5 Å². The molecule has 0 aliphatic carbocycles. The quantitative estimate of drug-likeness (QED) is 0.871. The fraction of sp³-hybridized carbons (Fsp3) is 0.600. The SMILES string of the molecule is CCNC(c1ccc(Cl)cc1)C1CSC(C)C(C)S1. The zero-order valence-electron chi connectivity index (χ0n) is 11.7. The molecule has 0 saturated carbocycles. The molecule has 2 rings (SSSR count). The fourth-order valence-corrected chi connectivity index (χ4v) is 5.58. The zero-order chi connectivity index (χ0) is 13.8. The van der Waals surface area contributed by atoms with Crippen LogP contribution < -0.4 is 5.32 Å². The van der Waals surface area contributed by atoms with E-state index >= 15 is 0 Å². The van der Waals surface area contributed by atoms with Crippen molar-refractivity contribution >= 4 is 35.1 Å². The maximum Gasteiger partial charge on any atom is 0.0448 e. The third kappa shape index (κ3) is 4.07.